The third-order valence-electron chi connectivity index (χ3n) is 6.72. The van der Waals surface area contributed by atoms with Crippen LogP contribution in [0.3, 0.4) is 0 Å². The molecular weight excluding hydrogens is 434 g/mol. The van der Waals surface area contributed by atoms with Crippen LogP contribution in [-0.4, -0.2) is 67.9 Å². The number of rotatable bonds is 3. The van der Waals surface area contributed by atoms with Crippen LogP contribution in [0.15, 0.2) is 41.2 Å². The molecular formula is C26H29N3O5. The topological polar surface area (TPSA) is 84.1 Å². The molecule has 1 atom stereocenters. The van der Waals surface area contributed by atoms with E-state index in [1.807, 2.05) is 53.1 Å². The molecule has 2 amide bonds. The number of ether oxygens (including phenoxy) is 3. The molecule has 1 saturated heterocycles. The largest absolute Gasteiger partial charge is 0.493 e. The maximum atomic E-state index is 13.7. The van der Waals surface area contributed by atoms with Crippen molar-refractivity contribution in [2.45, 2.75) is 19.4 Å². The predicted molar refractivity (Wildman–Crippen MR) is 129 cm³/mol. The zero-order chi connectivity index (χ0) is 23.8. The molecule has 34 heavy (non-hydrogen) atoms. The first kappa shape index (κ1) is 22.3. The minimum atomic E-state index is -0.549. The number of fused-ring (bicyclic) bond motifs is 2. The summed E-state index contributed by atoms with van der Waals surface area (Å²) >= 11 is 0. The van der Waals surface area contributed by atoms with Gasteiger partial charge in [0.1, 0.15) is 0 Å². The van der Waals surface area contributed by atoms with E-state index in [2.05, 4.69) is 4.98 Å². The zero-order valence-corrected chi connectivity index (χ0v) is 19.7. The number of nitrogens with zero attached hydrogens (tertiary/aromatic N) is 2. The van der Waals surface area contributed by atoms with Crippen molar-refractivity contribution in [1.29, 1.82) is 0 Å². The Bertz CT molecular complexity index is 1300. The molecule has 2 aliphatic rings. The number of nitrogens with one attached hydrogen (secondary N) is 1. The average molecular weight is 464 g/mol. The Morgan fingerprint density at radius 1 is 1.00 bits per heavy atom. The van der Waals surface area contributed by atoms with Crippen molar-refractivity contribution < 1.29 is 19.0 Å². The molecule has 1 N–H and O–H groups in total. The molecule has 3 aromatic rings. The number of hydrogen-bond donors (Lipinski definition) is 1. The number of aryl methyl sites for hydroxylation is 1. The third-order valence-corrected chi connectivity index (χ3v) is 6.72. The average Bonchev–Trinajstić information content (AvgIpc) is 2.87. The second-order valence-corrected chi connectivity index (χ2v) is 8.78. The first-order chi connectivity index (χ1) is 16.5. The summed E-state index contributed by atoms with van der Waals surface area (Å²) in [4.78, 5) is 33.7. The van der Waals surface area contributed by atoms with E-state index in [1.54, 1.807) is 14.2 Å². The van der Waals surface area contributed by atoms with E-state index in [0.717, 1.165) is 27.6 Å². The van der Waals surface area contributed by atoms with Gasteiger partial charge < -0.3 is 29.0 Å². The van der Waals surface area contributed by atoms with E-state index in [0.29, 0.717) is 56.3 Å². The Balaban J connectivity index is 1.69. The van der Waals surface area contributed by atoms with Gasteiger partial charge in [0.15, 0.2) is 11.5 Å². The molecule has 8 nitrogen and oxygen atoms in total. The number of pyridine rings is 1. The van der Waals surface area contributed by atoms with Gasteiger partial charge in [0.2, 0.25) is 0 Å². The van der Waals surface area contributed by atoms with Crippen LogP contribution in [0.1, 0.15) is 28.3 Å². The molecule has 0 radical (unpaired) electrons. The number of carbonyl (C=O) groups excluding carboxylic acids is 1. The van der Waals surface area contributed by atoms with E-state index in [9.17, 15) is 9.59 Å². The summed E-state index contributed by atoms with van der Waals surface area (Å²) < 4.78 is 16.5. The highest BCUT2D eigenvalue weighted by molar-refractivity contribution is 5.81. The molecule has 2 aliphatic heterocycles. The Morgan fingerprint density at radius 2 is 1.74 bits per heavy atom. The van der Waals surface area contributed by atoms with Crippen LogP contribution in [0.4, 0.5) is 4.79 Å². The lowest BCUT2D eigenvalue weighted by Crippen LogP contribution is -2.52. The van der Waals surface area contributed by atoms with Gasteiger partial charge in [-0.25, -0.2) is 4.79 Å². The quantitative estimate of drug-likeness (QED) is 0.645. The number of carbonyl (C=O) groups is 1. The molecule has 1 aromatic heterocycles. The Labute approximate surface area is 198 Å². The van der Waals surface area contributed by atoms with E-state index in [4.69, 9.17) is 14.2 Å². The number of hydrogen-bond acceptors (Lipinski definition) is 5. The van der Waals surface area contributed by atoms with Gasteiger partial charge in [-0.1, -0.05) is 11.6 Å². The van der Waals surface area contributed by atoms with Crippen molar-refractivity contribution in [3.8, 4) is 11.5 Å². The van der Waals surface area contributed by atoms with Crippen LogP contribution in [-0.2, 0) is 11.2 Å². The summed E-state index contributed by atoms with van der Waals surface area (Å²) in [6.07, 6.45) is 0.660. The lowest BCUT2D eigenvalue weighted by molar-refractivity contribution is 0.0399. The van der Waals surface area contributed by atoms with Gasteiger partial charge in [0, 0.05) is 30.7 Å². The minimum Gasteiger partial charge on any atom is -0.493 e. The number of H-pyrrole nitrogens is 1. The van der Waals surface area contributed by atoms with E-state index < -0.39 is 6.04 Å². The van der Waals surface area contributed by atoms with E-state index >= 15 is 0 Å². The fourth-order valence-electron chi connectivity index (χ4n) is 4.97. The lowest BCUT2D eigenvalue weighted by atomic mass is 9.87. The second kappa shape index (κ2) is 9.02. The Hall–Kier alpha value is -3.52. The first-order valence-electron chi connectivity index (χ1n) is 11.5. The van der Waals surface area contributed by atoms with E-state index in [-0.39, 0.29) is 11.6 Å². The van der Waals surface area contributed by atoms with Crippen LogP contribution in [0, 0.1) is 6.92 Å². The van der Waals surface area contributed by atoms with Crippen LogP contribution in [0.25, 0.3) is 10.9 Å². The summed E-state index contributed by atoms with van der Waals surface area (Å²) in [5, 5.41) is 0.931. The maximum Gasteiger partial charge on any atom is 0.320 e. The van der Waals surface area contributed by atoms with Gasteiger partial charge in [-0.3, -0.25) is 4.79 Å². The van der Waals surface area contributed by atoms with Crippen LogP contribution in [0.5, 0.6) is 11.5 Å². The zero-order valence-electron chi connectivity index (χ0n) is 19.7. The SMILES string of the molecule is COc1cc2c(cc1OC)C(c1cc3cc(C)ccc3[nH]c1=O)N(C(=O)N1CCOCC1)CC2. The van der Waals surface area contributed by atoms with Gasteiger partial charge >= 0.3 is 6.03 Å². The molecule has 2 aromatic carbocycles. The van der Waals surface area contributed by atoms with Gasteiger partial charge in [-0.05, 0) is 60.2 Å². The number of amides is 2. The molecule has 0 aliphatic carbocycles. The van der Waals surface area contributed by atoms with Gasteiger partial charge in [-0.15, -0.1) is 0 Å². The number of morpholine rings is 1. The number of aromatic amines is 1. The third kappa shape index (κ3) is 3.88. The fraction of sp³-hybridized carbons (Fsp3) is 0.385. The van der Waals surface area contributed by atoms with Crippen LogP contribution in [0.2, 0.25) is 0 Å². The van der Waals surface area contributed by atoms with Crippen molar-refractivity contribution in [2.24, 2.45) is 0 Å². The van der Waals surface area contributed by atoms with Crippen molar-refractivity contribution in [3.05, 3.63) is 69.0 Å². The highest BCUT2D eigenvalue weighted by Crippen LogP contribution is 2.41. The van der Waals surface area contributed by atoms with Gasteiger partial charge in [-0.2, -0.15) is 0 Å². The number of aromatic nitrogens is 1. The smallest absolute Gasteiger partial charge is 0.320 e. The van der Waals surface area contributed by atoms with Crippen molar-refractivity contribution in [3.63, 3.8) is 0 Å². The molecule has 0 saturated carbocycles. The molecule has 0 bridgehead atoms. The molecule has 3 heterocycles. The second-order valence-electron chi connectivity index (χ2n) is 8.78. The Kier molecular flexibility index (Phi) is 5.91. The highest BCUT2D eigenvalue weighted by Gasteiger charge is 2.37. The summed E-state index contributed by atoms with van der Waals surface area (Å²) in [6.45, 7) is 4.62. The van der Waals surface area contributed by atoms with Crippen LogP contribution < -0.4 is 15.0 Å². The first-order valence-corrected chi connectivity index (χ1v) is 11.5. The summed E-state index contributed by atoms with van der Waals surface area (Å²) in [6, 6.07) is 11.1. The molecule has 1 unspecified atom stereocenters. The monoisotopic (exact) mass is 463 g/mol. The van der Waals surface area contributed by atoms with Crippen molar-refractivity contribution in [1.82, 2.24) is 14.8 Å². The Morgan fingerprint density at radius 3 is 2.47 bits per heavy atom. The molecule has 0 spiro atoms. The van der Waals surface area contributed by atoms with Crippen molar-refractivity contribution in [2.75, 3.05) is 47.1 Å². The fourth-order valence-corrected chi connectivity index (χ4v) is 4.97. The summed E-state index contributed by atoms with van der Waals surface area (Å²) in [5.74, 6) is 1.20. The predicted octanol–water partition coefficient (Wildman–Crippen LogP) is 3.25. The summed E-state index contributed by atoms with van der Waals surface area (Å²) in [7, 11) is 3.19. The standard InChI is InChI=1S/C26H29N3O5/c1-16-4-5-21-18(12-16)13-20(25(30)27-21)24-19-15-23(33-3)22(32-2)14-17(19)6-7-29(24)26(31)28-8-10-34-11-9-28/h4-5,12-15,24H,6-11H2,1-3H3,(H,27,30). The van der Waals surface area contributed by atoms with Gasteiger partial charge in [0.25, 0.3) is 5.56 Å². The van der Waals surface area contributed by atoms with E-state index in [1.165, 1.54) is 0 Å². The number of urea groups is 1. The van der Waals surface area contributed by atoms with Gasteiger partial charge in [0.05, 0.1) is 33.5 Å². The van der Waals surface area contributed by atoms with Crippen molar-refractivity contribution >= 4 is 16.9 Å². The molecule has 178 valence electrons. The molecule has 5 rings (SSSR count). The summed E-state index contributed by atoms with van der Waals surface area (Å²) in [5.41, 5.74) is 4.12. The lowest BCUT2D eigenvalue weighted by Gasteiger charge is -2.41. The highest BCUT2D eigenvalue weighted by atomic mass is 16.5. The number of methoxy groups -OCH3 is 2. The minimum absolute atomic E-state index is 0.0857. The van der Waals surface area contributed by atoms with Crippen LogP contribution >= 0.6 is 0 Å². The number of benzene rings is 2. The molecule has 8 heteroatoms. The molecule has 1 fully saturated rings. The normalized spacial score (nSPS) is 18.0. The maximum absolute atomic E-state index is 13.7.